The zero-order valence-corrected chi connectivity index (χ0v) is 14.4. The van der Waals surface area contributed by atoms with Crippen molar-refractivity contribution in [1.29, 1.82) is 0 Å². The van der Waals surface area contributed by atoms with E-state index in [-0.39, 0.29) is 22.9 Å². The number of thioether (sulfide) groups is 1. The summed E-state index contributed by atoms with van der Waals surface area (Å²) < 4.78 is 25.2. The summed E-state index contributed by atoms with van der Waals surface area (Å²) in [6, 6.07) is 13.8. The van der Waals surface area contributed by atoms with Gasteiger partial charge in [0.2, 0.25) is 0 Å². The van der Waals surface area contributed by atoms with Gasteiger partial charge in [-0.2, -0.15) is 0 Å². The van der Waals surface area contributed by atoms with E-state index in [0.29, 0.717) is 23.4 Å². The SMILES string of the molecule is COc1cccc2cc(C(=O)N3CCSC3c3ccccc3F)oc12. The average Bonchev–Trinajstić information content (AvgIpc) is 3.28. The number of amides is 1. The van der Waals surface area contributed by atoms with Crippen LogP contribution in [0.2, 0.25) is 0 Å². The summed E-state index contributed by atoms with van der Waals surface area (Å²) in [6.45, 7) is 0.552. The van der Waals surface area contributed by atoms with Crippen molar-refractivity contribution in [2.24, 2.45) is 0 Å². The van der Waals surface area contributed by atoms with Crippen LogP contribution in [0, 0.1) is 5.82 Å². The second kappa shape index (κ2) is 6.44. The van der Waals surface area contributed by atoms with Crippen LogP contribution in [0.15, 0.2) is 52.9 Å². The number of carbonyl (C=O) groups is 1. The first-order valence-electron chi connectivity index (χ1n) is 7.92. The van der Waals surface area contributed by atoms with E-state index in [1.54, 1.807) is 54.1 Å². The topological polar surface area (TPSA) is 42.7 Å². The maximum atomic E-state index is 14.2. The lowest BCUT2D eigenvalue weighted by Gasteiger charge is -2.23. The number of methoxy groups -OCH3 is 1. The second-order valence-electron chi connectivity index (χ2n) is 5.73. The summed E-state index contributed by atoms with van der Waals surface area (Å²) in [5.41, 5.74) is 1.06. The first-order chi connectivity index (χ1) is 12.2. The molecule has 0 spiro atoms. The van der Waals surface area contributed by atoms with Gasteiger partial charge in [-0.1, -0.05) is 30.3 Å². The van der Waals surface area contributed by atoms with Crippen molar-refractivity contribution in [3.63, 3.8) is 0 Å². The normalized spacial score (nSPS) is 17.2. The van der Waals surface area contributed by atoms with Crippen LogP contribution < -0.4 is 4.74 Å². The largest absolute Gasteiger partial charge is 0.493 e. The maximum Gasteiger partial charge on any atom is 0.290 e. The quantitative estimate of drug-likeness (QED) is 0.694. The van der Waals surface area contributed by atoms with Crippen LogP contribution >= 0.6 is 11.8 Å². The molecular formula is C19H16FNO3S. The highest BCUT2D eigenvalue weighted by atomic mass is 32.2. The summed E-state index contributed by atoms with van der Waals surface area (Å²) in [7, 11) is 1.56. The highest BCUT2D eigenvalue weighted by molar-refractivity contribution is 7.99. The van der Waals surface area contributed by atoms with Crippen LogP contribution in [0.25, 0.3) is 11.0 Å². The third-order valence-electron chi connectivity index (χ3n) is 4.26. The summed E-state index contributed by atoms with van der Waals surface area (Å²) in [5.74, 6) is 1.04. The van der Waals surface area contributed by atoms with Crippen molar-refractivity contribution in [2.75, 3.05) is 19.4 Å². The van der Waals surface area contributed by atoms with Gasteiger partial charge in [0.25, 0.3) is 5.91 Å². The zero-order valence-electron chi connectivity index (χ0n) is 13.6. The number of para-hydroxylation sites is 1. The Morgan fingerprint density at radius 1 is 1.28 bits per heavy atom. The number of benzene rings is 2. The molecule has 1 saturated heterocycles. The Bertz CT molecular complexity index is 939. The molecule has 1 aromatic heterocycles. The minimum absolute atomic E-state index is 0.239. The first-order valence-corrected chi connectivity index (χ1v) is 8.97. The molecule has 0 bridgehead atoms. The van der Waals surface area contributed by atoms with Crippen molar-refractivity contribution in [3.05, 3.63) is 65.7 Å². The fourth-order valence-corrected chi connectivity index (χ4v) is 4.33. The monoisotopic (exact) mass is 357 g/mol. The van der Waals surface area contributed by atoms with Gasteiger partial charge in [-0.3, -0.25) is 4.79 Å². The van der Waals surface area contributed by atoms with Gasteiger partial charge >= 0.3 is 0 Å². The molecule has 3 aromatic rings. The average molecular weight is 357 g/mol. The molecule has 1 aliphatic rings. The van der Waals surface area contributed by atoms with Gasteiger partial charge in [-0.25, -0.2) is 4.39 Å². The number of ether oxygens (including phenoxy) is 1. The van der Waals surface area contributed by atoms with Crippen LogP contribution in [-0.2, 0) is 0 Å². The lowest BCUT2D eigenvalue weighted by atomic mass is 10.2. The molecule has 1 fully saturated rings. The van der Waals surface area contributed by atoms with E-state index in [1.165, 1.54) is 6.07 Å². The van der Waals surface area contributed by atoms with Crippen LogP contribution in [-0.4, -0.2) is 30.2 Å². The fourth-order valence-electron chi connectivity index (χ4n) is 3.06. The van der Waals surface area contributed by atoms with Crippen LogP contribution in [0.3, 0.4) is 0 Å². The maximum absolute atomic E-state index is 14.2. The van der Waals surface area contributed by atoms with E-state index in [1.807, 2.05) is 12.1 Å². The Morgan fingerprint density at radius 2 is 2.12 bits per heavy atom. The molecule has 0 N–H and O–H groups in total. The van der Waals surface area contributed by atoms with Crippen LogP contribution in [0.1, 0.15) is 21.5 Å². The second-order valence-corrected chi connectivity index (χ2v) is 6.92. The molecule has 1 unspecified atom stereocenters. The highest BCUT2D eigenvalue weighted by Gasteiger charge is 2.34. The molecule has 2 heterocycles. The number of fused-ring (bicyclic) bond motifs is 1. The van der Waals surface area contributed by atoms with E-state index >= 15 is 0 Å². The predicted octanol–water partition coefficient (Wildman–Crippen LogP) is 4.47. The van der Waals surface area contributed by atoms with E-state index < -0.39 is 0 Å². The van der Waals surface area contributed by atoms with Crippen LogP contribution in [0.4, 0.5) is 4.39 Å². The molecule has 4 rings (SSSR count). The minimum atomic E-state index is -0.344. The first kappa shape index (κ1) is 16.0. The van der Waals surface area contributed by atoms with Gasteiger partial charge in [-0.15, -0.1) is 11.8 Å². The Morgan fingerprint density at radius 3 is 2.92 bits per heavy atom. The summed E-state index contributed by atoms with van der Waals surface area (Å²) in [5, 5.41) is 0.459. The Kier molecular flexibility index (Phi) is 4.13. The Labute approximate surface area is 148 Å². The molecule has 128 valence electrons. The molecule has 1 aliphatic heterocycles. The summed E-state index contributed by atoms with van der Waals surface area (Å²) >= 11 is 1.55. The number of hydrogen-bond donors (Lipinski definition) is 0. The third-order valence-corrected chi connectivity index (χ3v) is 5.50. The van der Waals surface area contributed by atoms with Gasteiger partial charge in [0.05, 0.1) is 7.11 Å². The molecule has 0 saturated carbocycles. The summed E-state index contributed by atoms with van der Waals surface area (Å²) in [4.78, 5) is 14.6. The zero-order chi connectivity index (χ0) is 17.4. The van der Waals surface area contributed by atoms with Crippen molar-refractivity contribution >= 4 is 28.6 Å². The molecule has 2 aromatic carbocycles. The van der Waals surface area contributed by atoms with Crippen molar-refractivity contribution in [3.8, 4) is 5.75 Å². The molecule has 4 nitrogen and oxygen atoms in total. The fraction of sp³-hybridized carbons (Fsp3) is 0.211. The van der Waals surface area contributed by atoms with Gasteiger partial charge < -0.3 is 14.1 Å². The van der Waals surface area contributed by atoms with Crippen molar-refractivity contribution in [2.45, 2.75) is 5.37 Å². The molecular weight excluding hydrogens is 341 g/mol. The van der Waals surface area contributed by atoms with E-state index in [4.69, 9.17) is 9.15 Å². The molecule has 6 heteroatoms. The van der Waals surface area contributed by atoms with E-state index in [2.05, 4.69) is 0 Å². The molecule has 1 atom stereocenters. The number of furan rings is 1. The third kappa shape index (κ3) is 2.76. The predicted molar refractivity (Wildman–Crippen MR) is 95.4 cm³/mol. The molecule has 0 radical (unpaired) electrons. The van der Waals surface area contributed by atoms with Gasteiger partial charge in [-0.05, 0) is 18.2 Å². The smallest absolute Gasteiger partial charge is 0.290 e. The summed E-state index contributed by atoms with van der Waals surface area (Å²) in [6.07, 6.45) is 0. The molecule has 0 aliphatic carbocycles. The van der Waals surface area contributed by atoms with Crippen LogP contribution in [0.5, 0.6) is 5.75 Å². The number of carbonyl (C=O) groups excluding carboxylic acids is 1. The molecule has 1 amide bonds. The highest BCUT2D eigenvalue weighted by Crippen LogP contribution is 2.40. The van der Waals surface area contributed by atoms with Crippen molar-refractivity contribution < 1.29 is 18.3 Å². The number of halogens is 1. The number of rotatable bonds is 3. The minimum Gasteiger partial charge on any atom is -0.493 e. The number of nitrogens with zero attached hydrogens (tertiary/aromatic N) is 1. The Hall–Kier alpha value is -2.47. The van der Waals surface area contributed by atoms with E-state index in [0.717, 1.165) is 11.1 Å². The van der Waals surface area contributed by atoms with Gasteiger partial charge in [0.15, 0.2) is 17.1 Å². The lowest BCUT2D eigenvalue weighted by molar-refractivity contribution is 0.0729. The van der Waals surface area contributed by atoms with Crippen molar-refractivity contribution in [1.82, 2.24) is 4.90 Å². The van der Waals surface area contributed by atoms with Gasteiger partial charge in [0.1, 0.15) is 11.2 Å². The van der Waals surface area contributed by atoms with E-state index in [9.17, 15) is 9.18 Å². The number of hydrogen-bond acceptors (Lipinski definition) is 4. The standard InChI is InChI=1S/C19H16FNO3S/c1-23-15-8-4-5-12-11-16(24-17(12)15)18(22)21-9-10-25-19(21)13-6-2-3-7-14(13)20/h2-8,11,19H,9-10H2,1H3. The Balaban J connectivity index is 1.69. The lowest BCUT2D eigenvalue weighted by Crippen LogP contribution is -2.30. The molecule has 25 heavy (non-hydrogen) atoms. The van der Waals surface area contributed by atoms with Gasteiger partial charge in [0, 0.05) is 23.2 Å².